The molecule has 1 aliphatic heterocycles. The Hall–Kier alpha value is -0.770. The summed E-state index contributed by atoms with van der Waals surface area (Å²) in [6.45, 7) is 10.0. The molecule has 1 rings (SSSR count). The fourth-order valence-electron chi connectivity index (χ4n) is 2.22. The smallest absolute Gasteiger partial charge is 0.191 e. The highest BCUT2D eigenvalue weighted by molar-refractivity contribution is 5.79. The van der Waals surface area contributed by atoms with Gasteiger partial charge in [-0.3, -0.25) is 4.99 Å². The number of rotatable bonds is 5. The Morgan fingerprint density at radius 3 is 2.59 bits per heavy atom. The van der Waals surface area contributed by atoms with E-state index in [-0.39, 0.29) is 0 Å². The molecule has 0 aliphatic carbocycles. The van der Waals surface area contributed by atoms with Gasteiger partial charge in [0, 0.05) is 26.2 Å². The van der Waals surface area contributed by atoms with Gasteiger partial charge in [-0.25, -0.2) is 0 Å². The first-order chi connectivity index (χ1) is 8.26. The van der Waals surface area contributed by atoms with Crippen LogP contribution in [0.5, 0.6) is 0 Å². The first kappa shape index (κ1) is 14.3. The van der Waals surface area contributed by atoms with Crippen LogP contribution in [0.1, 0.15) is 40.0 Å². The van der Waals surface area contributed by atoms with Crippen molar-refractivity contribution in [3.8, 4) is 0 Å². The maximum atomic E-state index is 5.55. The molecule has 0 amide bonds. The lowest BCUT2D eigenvalue weighted by atomic mass is 9.93. The molecule has 0 aromatic rings. The Kier molecular flexibility index (Phi) is 7.01. The maximum absolute atomic E-state index is 5.55. The van der Waals surface area contributed by atoms with Crippen LogP contribution in [-0.2, 0) is 4.74 Å². The van der Waals surface area contributed by atoms with Gasteiger partial charge in [0.1, 0.15) is 0 Å². The van der Waals surface area contributed by atoms with Crippen molar-refractivity contribution in [1.82, 2.24) is 10.6 Å². The number of aliphatic imine (C=N–C) groups is 1. The average molecular weight is 241 g/mol. The van der Waals surface area contributed by atoms with E-state index in [1.807, 2.05) is 0 Å². The molecule has 1 saturated heterocycles. The zero-order valence-electron chi connectivity index (χ0n) is 11.5. The van der Waals surface area contributed by atoms with Crippen molar-refractivity contribution in [2.45, 2.75) is 46.1 Å². The Morgan fingerprint density at radius 2 is 2.00 bits per heavy atom. The summed E-state index contributed by atoms with van der Waals surface area (Å²) in [4.78, 5) is 4.58. The van der Waals surface area contributed by atoms with Crippen LogP contribution in [-0.4, -0.2) is 38.3 Å². The topological polar surface area (TPSA) is 45.7 Å². The van der Waals surface area contributed by atoms with Gasteiger partial charge in [0.2, 0.25) is 0 Å². The third kappa shape index (κ3) is 5.91. The van der Waals surface area contributed by atoms with Gasteiger partial charge in [0.25, 0.3) is 0 Å². The minimum Gasteiger partial charge on any atom is -0.378 e. The molecule has 100 valence electrons. The second kappa shape index (κ2) is 8.34. The SMILES string of the molecule is CCNC(=NCCC1CCOC(C)C1)NCC. The van der Waals surface area contributed by atoms with E-state index in [4.69, 9.17) is 4.74 Å². The summed E-state index contributed by atoms with van der Waals surface area (Å²) < 4.78 is 5.55. The van der Waals surface area contributed by atoms with Crippen LogP contribution in [0.2, 0.25) is 0 Å². The van der Waals surface area contributed by atoms with Gasteiger partial charge in [0.15, 0.2) is 5.96 Å². The lowest BCUT2D eigenvalue weighted by Gasteiger charge is -2.26. The monoisotopic (exact) mass is 241 g/mol. The van der Waals surface area contributed by atoms with Gasteiger partial charge in [-0.1, -0.05) is 0 Å². The summed E-state index contributed by atoms with van der Waals surface area (Å²) in [5, 5.41) is 6.49. The van der Waals surface area contributed by atoms with Gasteiger partial charge in [-0.2, -0.15) is 0 Å². The van der Waals surface area contributed by atoms with E-state index in [0.717, 1.165) is 38.1 Å². The van der Waals surface area contributed by atoms with E-state index in [1.165, 1.54) is 19.3 Å². The highest BCUT2D eigenvalue weighted by atomic mass is 16.5. The molecule has 0 bridgehead atoms. The van der Waals surface area contributed by atoms with Crippen molar-refractivity contribution >= 4 is 5.96 Å². The third-order valence-electron chi connectivity index (χ3n) is 3.09. The summed E-state index contributed by atoms with van der Waals surface area (Å²) in [5.41, 5.74) is 0. The van der Waals surface area contributed by atoms with Crippen molar-refractivity contribution < 1.29 is 4.74 Å². The van der Waals surface area contributed by atoms with E-state index < -0.39 is 0 Å². The fraction of sp³-hybridized carbons (Fsp3) is 0.923. The molecule has 0 spiro atoms. The van der Waals surface area contributed by atoms with Crippen LogP contribution in [0, 0.1) is 5.92 Å². The number of nitrogens with one attached hydrogen (secondary N) is 2. The van der Waals surface area contributed by atoms with Gasteiger partial charge >= 0.3 is 0 Å². The summed E-state index contributed by atoms with van der Waals surface area (Å²) in [6.07, 6.45) is 3.98. The van der Waals surface area contributed by atoms with Crippen molar-refractivity contribution in [3.63, 3.8) is 0 Å². The predicted molar refractivity (Wildman–Crippen MR) is 72.4 cm³/mol. The molecule has 1 fully saturated rings. The van der Waals surface area contributed by atoms with Crippen LogP contribution < -0.4 is 10.6 Å². The second-order valence-electron chi connectivity index (χ2n) is 4.65. The number of hydrogen-bond donors (Lipinski definition) is 2. The van der Waals surface area contributed by atoms with Crippen molar-refractivity contribution in [1.29, 1.82) is 0 Å². The predicted octanol–water partition coefficient (Wildman–Crippen LogP) is 1.77. The van der Waals surface area contributed by atoms with Crippen LogP contribution in [0.25, 0.3) is 0 Å². The van der Waals surface area contributed by atoms with Crippen LogP contribution >= 0.6 is 0 Å². The Morgan fingerprint density at radius 1 is 1.29 bits per heavy atom. The van der Waals surface area contributed by atoms with E-state index in [0.29, 0.717) is 6.10 Å². The molecule has 17 heavy (non-hydrogen) atoms. The third-order valence-corrected chi connectivity index (χ3v) is 3.09. The molecular weight excluding hydrogens is 214 g/mol. The minimum absolute atomic E-state index is 0.430. The molecular formula is C13H27N3O. The van der Waals surface area contributed by atoms with E-state index >= 15 is 0 Å². The summed E-state index contributed by atoms with van der Waals surface area (Å²) in [6, 6.07) is 0. The summed E-state index contributed by atoms with van der Waals surface area (Å²) in [7, 11) is 0. The molecule has 0 aromatic carbocycles. The molecule has 0 saturated carbocycles. The average Bonchev–Trinajstić information content (AvgIpc) is 2.30. The van der Waals surface area contributed by atoms with E-state index in [2.05, 4.69) is 36.4 Å². The minimum atomic E-state index is 0.430. The zero-order valence-corrected chi connectivity index (χ0v) is 11.5. The quantitative estimate of drug-likeness (QED) is 0.569. The molecule has 4 heteroatoms. The molecule has 2 atom stereocenters. The van der Waals surface area contributed by atoms with Crippen molar-refractivity contribution in [3.05, 3.63) is 0 Å². The molecule has 0 radical (unpaired) electrons. The standard InChI is InChI=1S/C13H27N3O/c1-4-14-13(15-5-2)16-8-6-12-7-9-17-11(3)10-12/h11-12H,4-10H2,1-3H3,(H2,14,15,16). The van der Waals surface area contributed by atoms with Crippen molar-refractivity contribution in [2.24, 2.45) is 10.9 Å². The molecule has 0 aromatic heterocycles. The first-order valence-electron chi connectivity index (χ1n) is 6.90. The maximum Gasteiger partial charge on any atom is 0.191 e. The van der Waals surface area contributed by atoms with Gasteiger partial charge < -0.3 is 15.4 Å². The molecule has 2 N–H and O–H groups in total. The van der Waals surface area contributed by atoms with Crippen LogP contribution in [0.4, 0.5) is 0 Å². The fourth-order valence-corrected chi connectivity index (χ4v) is 2.22. The summed E-state index contributed by atoms with van der Waals surface area (Å²) in [5.74, 6) is 1.72. The summed E-state index contributed by atoms with van der Waals surface area (Å²) >= 11 is 0. The first-order valence-corrected chi connectivity index (χ1v) is 6.90. The molecule has 2 unspecified atom stereocenters. The zero-order chi connectivity index (χ0) is 12.5. The number of ether oxygens (including phenoxy) is 1. The van der Waals surface area contributed by atoms with Crippen LogP contribution in [0.3, 0.4) is 0 Å². The van der Waals surface area contributed by atoms with Crippen LogP contribution in [0.15, 0.2) is 4.99 Å². The lowest BCUT2D eigenvalue weighted by molar-refractivity contribution is 0.00147. The normalized spacial score (nSPS) is 24.2. The van der Waals surface area contributed by atoms with Crippen molar-refractivity contribution in [2.75, 3.05) is 26.2 Å². The number of hydrogen-bond acceptors (Lipinski definition) is 2. The largest absolute Gasteiger partial charge is 0.378 e. The van der Waals surface area contributed by atoms with Gasteiger partial charge in [-0.15, -0.1) is 0 Å². The Balaban J connectivity index is 2.25. The molecule has 4 nitrogen and oxygen atoms in total. The van der Waals surface area contributed by atoms with Gasteiger partial charge in [-0.05, 0) is 46.0 Å². The lowest BCUT2D eigenvalue weighted by Crippen LogP contribution is -2.37. The second-order valence-corrected chi connectivity index (χ2v) is 4.65. The van der Waals surface area contributed by atoms with E-state index in [1.54, 1.807) is 0 Å². The molecule has 1 heterocycles. The Bertz CT molecular complexity index is 223. The van der Waals surface area contributed by atoms with E-state index in [9.17, 15) is 0 Å². The van der Waals surface area contributed by atoms with Gasteiger partial charge in [0.05, 0.1) is 6.10 Å². The molecule has 1 aliphatic rings. The number of nitrogens with zero attached hydrogens (tertiary/aromatic N) is 1. The number of guanidine groups is 1. The Labute approximate surface area is 105 Å². The highest BCUT2D eigenvalue weighted by Gasteiger charge is 2.18. The highest BCUT2D eigenvalue weighted by Crippen LogP contribution is 2.22.